The molecule has 0 aliphatic rings. The van der Waals surface area contributed by atoms with Gasteiger partial charge in [0, 0.05) is 6.07 Å². The summed E-state index contributed by atoms with van der Waals surface area (Å²) in [5, 5.41) is 19.6. The predicted octanol–water partition coefficient (Wildman–Crippen LogP) is 1.70. The van der Waals surface area contributed by atoms with Crippen molar-refractivity contribution >= 4 is 11.7 Å². The smallest absolute Gasteiger partial charge is 0.339 e. The second-order valence-corrected chi connectivity index (χ2v) is 3.02. The van der Waals surface area contributed by atoms with E-state index in [1.54, 1.807) is 6.92 Å². The Morgan fingerprint density at radius 3 is 2.59 bits per heavy atom. The number of carboxylic acid groups (broad SMARTS) is 1. The molecule has 0 spiro atoms. The number of rotatable bonds is 5. The van der Waals surface area contributed by atoms with Gasteiger partial charge in [0.25, 0.3) is 5.69 Å². The molecule has 0 atom stereocenters. The second kappa shape index (κ2) is 5.15. The van der Waals surface area contributed by atoms with Crippen molar-refractivity contribution in [2.24, 2.45) is 0 Å². The molecule has 0 heterocycles. The van der Waals surface area contributed by atoms with Gasteiger partial charge in [0.15, 0.2) is 11.5 Å². The van der Waals surface area contributed by atoms with E-state index in [0.29, 0.717) is 0 Å². The number of hydrogen-bond acceptors (Lipinski definition) is 5. The molecule has 1 aromatic carbocycles. The van der Waals surface area contributed by atoms with Crippen LogP contribution in [0.5, 0.6) is 11.5 Å². The number of nitrogens with zero attached hydrogens (tertiary/aromatic N) is 1. The lowest BCUT2D eigenvalue weighted by Crippen LogP contribution is -2.05. The molecule has 7 nitrogen and oxygen atoms in total. The quantitative estimate of drug-likeness (QED) is 0.622. The van der Waals surface area contributed by atoms with Gasteiger partial charge in [-0.25, -0.2) is 4.79 Å². The minimum Gasteiger partial charge on any atom is -0.492 e. The monoisotopic (exact) mass is 241 g/mol. The van der Waals surface area contributed by atoms with Crippen molar-refractivity contribution in [1.82, 2.24) is 0 Å². The van der Waals surface area contributed by atoms with Crippen LogP contribution in [0, 0.1) is 10.1 Å². The maximum Gasteiger partial charge on any atom is 0.339 e. The molecular weight excluding hydrogens is 230 g/mol. The van der Waals surface area contributed by atoms with E-state index in [2.05, 4.69) is 0 Å². The van der Waals surface area contributed by atoms with Crippen LogP contribution in [-0.4, -0.2) is 29.7 Å². The van der Waals surface area contributed by atoms with Gasteiger partial charge < -0.3 is 14.6 Å². The van der Waals surface area contributed by atoms with Crippen LogP contribution in [0.4, 0.5) is 5.69 Å². The average molecular weight is 241 g/mol. The van der Waals surface area contributed by atoms with Gasteiger partial charge in [-0.05, 0) is 6.92 Å². The maximum atomic E-state index is 11.0. The molecule has 0 amide bonds. The van der Waals surface area contributed by atoms with Gasteiger partial charge in [0.2, 0.25) is 0 Å². The predicted molar refractivity (Wildman–Crippen MR) is 57.8 cm³/mol. The van der Waals surface area contributed by atoms with Crippen molar-refractivity contribution in [3.05, 3.63) is 27.8 Å². The molecule has 0 saturated carbocycles. The Morgan fingerprint density at radius 1 is 1.53 bits per heavy atom. The van der Waals surface area contributed by atoms with Gasteiger partial charge in [-0.15, -0.1) is 0 Å². The van der Waals surface area contributed by atoms with Gasteiger partial charge in [-0.2, -0.15) is 0 Å². The summed E-state index contributed by atoms with van der Waals surface area (Å²) in [7, 11) is 1.27. The maximum absolute atomic E-state index is 11.0. The second-order valence-electron chi connectivity index (χ2n) is 3.02. The van der Waals surface area contributed by atoms with Crippen molar-refractivity contribution in [3.63, 3.8) is 0 Å². The SMILES string of the molecule is CCOc1cc([N+](=O)[O-])cc(C(=O)O)c1OC. The van der Waals surface area contributed by atoms with Crippen molar-refractivity contribution < 1.29 is 24.3 Å². The fourth-order valence-electron chi connectivity index (χ4n) is 1.33. The summed E-state index contributed by atoms with van der Waals surface area (Å²) in [6.45, 7) is 1.93. The van der Waals surface area contributed by atoms with Gasteiger partial charge in [-0.1, -0.05) is 0 Å². The van der Waals surface area contributed by atoms with Crippen LogP contribution in [0.25, 0.3) is 0 Å². The highest BCUT2D eigenvalue weighted by molar-refractivity contribution is 5.93. The summed E-state index contributed by atoms with van der Waals surface area (Å²) in [4.78, 5) is 20.9. The van der Waals surface area contributed by atoms with E-state index < -0.39 is 10.9 Å². The first kappa shape index (κ1) is 12.8. The van der Waals surface area contributed by atoms with Crippen molar-refractivity contribution in [2.45, 2.75) is 6.92 Å². The number of methoxy groups -OCH3 is 1. The topological polar surface area (TPSA) is 98.9 Å². The molecule has 0 saturated heterocycles. The summed E-state index contributed by atoms with van der Waals surface area (Å²) in [6.07, 6.45) is 0. The Bertz CT molecular complexity index is 456. The minimum atomic E-state index is -1.31. The van der Waals surface area contributed by atoms with E-state index in [1.807, 2.05) is 0 Å². The van der Waals surface area contributed by atoms with E-state index in [1.165, 1.54) is 7.11 Å². The fourth-order valence-corrected chi connectivity index (χ4v) is 1.33. The Hall–Kier alpha value is -2.31. The van der Waals surface area contributed by atoms with E-state index in [-0.39, 0.29) is 29.4 Å². The zero-order valence-corrected chi connectivity index (χ0v) is 9.30. The van der Waals surface area contributed by atoms with Gasteiger partial charge in [0.05, 0.1) is 24.7 Å². The van der Waals surface area contributed by atoms with Gasteiger partial charge in [-0.3, -0.25) is 10.1 Å². The van der Waals surface area contributed by atoms with Crippen LogP contribution < -0.4 is 9.47 Å². The molecule has 0 aliphatic heterocycles. The molecule has 1 rings (SSSR count). The molecule has 0 unspecified atom stereocenters. The van der Waals surface area contributed by atoms with Gasteiger partial charge in [0.1, 0.15) is 5.56 Å². The number of aromatic carboxylic acids is 1. The minimum absolute atomic E-state index is 0.0232. The number of nitro benzene ring substituents is 1. The van der Waals surface area contributed by atoms with Crippen LogP contribution in [0.2, 0.25) is 0 Å². The van der Waals surface area contributed by atoms with Crippen LogP contribution in [0.1, 0.15) is 17.3 Å². The van der Waals surface area contributed by atoms with E-state index >= 15 is 0 Å². The third-order valence-electron chi connectivity index (χ3n) is 1.98. The number of non-ortho nitro benzene ring substituents is 1. The average Bonchev–Trinajstić information content (AvgIpc) is 2.28. The molecule has 7 heteroatoms. The molecule has 0 aliphatic carbocycles. The first-order chi connectivity index (χ1) is 8.01. The first-order valence-electron chi connectivity index (χ1n) is 4.73. The van der Waals surface area contributed by atoms with Crippen molar-refractivity contribution in [3.8, 4) is 11.5 Å². The molecule has 0 bridgehead atoms. The number of hydrogen-bond donors (Lipinski definition) is 1. The summed E-state index contributed by atoms with van der Waals surface area (Å²) < 4.78 is 10.0. The molecule has 92 valence electrons. The van der Waals surface area contributed by atoms with Crippen LogP contribution >= 0.6 is 0 Å². The highest BCUT2D eigenvalue weighted by atomic mass is 16.6. The highest BCUT2D eigenvalue weighted by Crippen LogP contribution is 2.35. The zero-order valence-electron chi connectivity index (χ0n) is 9.30. The Labute approximate surface area is 96.7 Å². The molecule has 1 aromatic rings. The third-order valence-corrected chi connectivity index (χ3v) is 1.98. The molecular formula is C10H11NO6. The number of benzene rings is 1. The standard InChI is InChI=1S/C10H11NO6/c1-3-17-8-5-6(11(14)15)4-7(10(12)13)9(8)16-2/h4-5H,3H2,1-2H3,(H,12,13). The highest BCUT2D eigenvalue weighted by Gasteiger charge is 2.22. The lowest BCUT2D eigenvalue weighted by atomic mass is 10.1. The third kappa shape index (κ3) is 2.63. The lowest BCUT2D eigenvalue weighted by Gasteiger charge is -2.11. The van der Waals surface area contributed by atoms with E-state index in [0.717, 1.165) is 12.1 Å². The lowest BCUT2D eigenvalue weighted by molar-refractivity contribution is -0.385. The van der Waals surface area contributed by atoms with Crippen LogP contribution in [0.3, 0.4) is 0 Å². The fraction of sp³-hybridized carbons (Fsp3) is 0.300. The Balaban J connectivity index is 3.45. The summed E-state index contributed by atoms with van der Waals surface area (Å²) in [5.74, 6) is -1.29. The summed E-state index contributed by atoms with van der Waals surface area (Å²) in [6, 6.07) is 2.07. The largest absolute Gasteiger partial charge is 0.492 e. The first-order valence-corrected chi connectivity index (χ1v) is 4.73. The Morgan fingerprint density at radius 2 is 2.18 bits per heavy atom. The molecule has 0 aromatic heterocycles. The van der Waals surface area contributed by atoms with Crippen molar-refractivity contribution in [1.29, 1.82) is 0 Å². The Kier molecular flexibility index (Phi) is 3.86. The van der Waals surface area contributed by atoms with Crippen molar-refractivity contribution in [2.75, 3.05) is 13.7 Å². The van der Waals surface area contributed by atoms with E-state index in [4.69, 9.17) is 14.6 Å². The summed E-state index contributed by atoms with van der Waals surface area (Å²) >= 11 is 0. The van der Waals surface area contributed by atoms with Crippen LogP contribution in [0.15, 0.2) is 12.1 Å². The number of carbonyl (C=O) groups is 1. The number of carboxylic acids is 1. The normalized spacial score (nSPS) is 9.76. The zero-order chi connectivity index (χ0) is 13.0. The van der Waals surface area contributed by atoms with Gasteiger partial charge >= 0.3 is 5.97 Å². The summed E-state index contributed by atoms with van der Waals surface area (Å²) in [5.41, 5.74) is -0.656. The van der Waals surface area contributed by atoms with E-state index in [9.17, 15) is 14.9 Å². The molecule has 0 fully saturated rings. The molecule has 17 heavy (non-hydrogen) atoms. The number of nitro groups is 1. The molecule has 0 radical (unpaired) electrons. The van der Waals surface area contributed by atoms with Crippen LogP contribution in [-0.2, 0) is 0 Å². The molecule has 1 N–H and O–H groups in total. The number of ether oxygens (including phenoxy) is 2.